The predicted octanol–water partition coefficient (Wildman–Crippen LogP) is 0.653. The highest BCUT2D eigenvalue weighted by atomic mass is 32.2. The van der Waals surface area contributed by atoms with Gasteiger partial charge in [0.05, 0.1) is 5.69 Å². The van der Waals surface area contributed by atoms with E-state index in [1.807, 2.05) is 0 Å². The number of rotatable bonds is 3. The van der Waals surface area contributed by atoms with Gasteiger partial charge in [0.1, 0.15) is 16.3 Å². The Bertz CT molecular complexity index is 470. The lowest BCUT2D eigenvalue weighted by Gasteiger charge is -2.11. The van der Waals surface area contributed by atoms with Crippen LogP contribution < -0.4 is 11.1 Å². The van der Waals surface area contributed by atoms with Crippen LogP contribution in [0.5, 0.6) is 5.75 Å². The number of phenolic OH excluding ortho intramolecular Hbond substituents is 1. The Labute approximate surface area is 87.5 Å². The summed E-state index contributed by atoms with van der Waals surface area (Å²) in [6.07, 6.45) is 0. The molecule has 0 bridgehead atoms. The smallest absolute Gasteiger partial charge is 0.296 e. The molecule has 5 N–H and O–H groups in total. The van der Waals surface area contributed by atoms with Gasteiger partial charge in [0.2, 0.25) is 0 Å². The highest BCUT2D eigenvalue weighted by molar-refractivity contribution is 7.86. The van der Waals surface area contributed by atoms with Gasteiger partial charge >= 0.3 is 0 Å². The van der Waals surface area contributed by atoms with Crippen molar-refractivity contribution in [2.45, 2.75) is 11.8 Å². The average molecular weight is 232 g/mol. The summed E-state index contributed by atoms with van der Waals surface area (Å²) in [6.45, 7) is 2.23. The Balaban J connectivity index is 3.42. The Morgan fingerprint density at radius 2 is 2.07 bits per heavy atom. The summed E-state index contributed by atoms with van der Waals surface area (Å²) in [5, 5.41) is 12.1. The summed E-state index contributed by atoms with van der Waals surface area (Å²) in [7, 11) is -4.37. The van der Waals surface area contributed by atoms with Crippen molar-refractivity contribution in [2.24, 2.45) is 0 Å². The van der Waals surface area contributed by atoms with Crippen molar-refractivity contribution in [1.82, 2.24) is 0 Å². The molecule has 15 heavy (non-hydrogen) atoms. The maximum absolute atomic E-state index is 10.9. The number of hydrogen-bond acceptors (Lipinski definition) is 5. The zero-order chi connectivity index (χ0) is 11.6. The molecule has 0 fully saturated rings. The lowest BCUT2D eigenvalue weighted by molar-refractivity contribution is 0.475. The van der Waals surface area contributed by atoms with Gasteiger partial charge in [-0.1, -0.05) is 0 Å². The van der Waals surface area contributed by atoms with E-state index in [9.17, 15) is 13.5 Å². The summed E-state index contributed by atoms with van der Waals surface area (Å²) < 4.78 is 30.6. The van der Waals surface area contributed by atoms with Crippen LogP contribution in [-0.2, 0) is 10.1 Å². The van der Waals surface area contributed by atoms with Crippen LogP contribution in [-0.4, -0.2) is 24.6 Å². The molecule has 84 valence electrons. The van der Waals surface area contributed by atoms with E-state index in [2.05, 4.69) is 5.32 Å². The van der Waals surface area contributed by atoms with Gasteiger partial charge in [-0.25, -0.2) is 0 Å². The van der Waals surface area contributed by atoms with Crippen LogP contribution in [0.15, 0.2) is 17.0 Å². The molecular formula is C8H12N2O4S. The maximum atomic E-state index is 10.9. The molecule has 1 aromatic rings. The van der Waals surface area contributed by atoms with Crippen molar-refractivity contribution in [3.8, 4) is 5.75 Å². The van der Waals surface area contributed by atoms with E-state index in [1.54, 1.807) is 6.92 Å². The molecule has 0 aliphatic heterocycles. The first-order valence-corrected chi connectivity index (χ1v) is 5.64. The largest absolute Gasteiger partial charge is 0.506 e. The number of aromatic hydroxyl groups is 1. The Hall–Kier alpha value is -1.47. The Kier molecular flexibility index (Phi) is 3.06. The number of hydrogen-bond donors (Lipinski definition) is 4. The van der Waals surface area contributed by atoms with E-state index in [0.717, 1.165) is 12.1 Å². The zero-order valence-electron chi connectivity index (χ0n) is 8.06. The highest BCUT2D eigenvalue weighted by Crippen LogP contribution is 2.34. The second-order valence-electron chi connectivity index (χ2n) is 2.88. The molecule has 0 atom stereocenters. The SMILES string of the molecule is CCNc1c(O)ccc(S(=O)(=O)O)c1N. The third-order valence-electron chi connectivity index (χ3n) is 1.81. The van der Waals surface area contributed by atoms with E-state index in [-0.39, 0.29) is 17.1 Å². The first kappa shape index (κ1) is 11.6. The van der Waals surface area contributed by atoms with E-state index in [0.29, 0.717) is 6.54 Å². The van der Waals surface area contributed by atoms with Crippen molar-refractivity contribution in [3.63, 3.8) is 0 Å². The van der Waals surface area contributed by atoms with E-state index in [1.165, 1.54) is 0 Å². The molecule has 6 nitrogen and oxygen atoms in total. The van der Waals surface area contributed by atoms with Crippen LogP contribution in [0.4, 0.5) is 11.4 Å². The molecule has 1 aromatic carbocycles. The zero-order valence-corrected chi connectivity index (χ0v) is 8.87. The second kappa shape index (κ2) is 3.95. The van der Waals surface area contributed by atoms with Crippen LogP contribution in [0, 0.1) is 0 Å². The molecule has 0 aliphatic rings. The third kappa shape index (κ3) is 2.31. The van der Waals surface area contributed by atoms with Crippen molar-refractivity contribution >= 4 is 21.5 Å². The predicted molar refractivity (Wildman–Crippen MR) is 56.5 cm³/mol. The van der Waals surface area contributed by atoms with Gasteiger partial charge < -0.3 is 16.2 Å². The van der Waals surface area contributed by atoms with Crippen LogP contribution in [0.1, 0.15) is 6.92 Å². The second-order valence-corrected chi connectivity index (χ2v) is 4.27. The van der Waals surface area contributed by atoms with Crippen molar-refractivity contribution < 1.29 is 18.1 Å². The molecule has 1 rings (SSSR count). The Morgan fingerprint density at radius 1 is 1.47 bits per heavy atom. The molecule has 0 aromatic heterocycles. The van der Waals surface area contributed by atoms with Crippen molar-refractivity contribution in [2.75, 3.05) is 17.6 Å². The van der Waals surface area contributed by atoms with Gasteiger partial charge in [0, 0.05) is 6.54 Å². The molecule has 0 unspecified atom stereocenters. The molecule has 7 heteroatoms. The van der Waals surface area contributed by atoms with Crippen LogP contribution in [0.2, 0.25) is 0 Å². The molecule has 0 saturated heterocycles. The summed E-state index contributed by atoms with van der Waals surface area (Å²) in [5.41, 5.74) is 5.40. The summed E-state index contributed by atoms with van der Waals surface area (Å²) in [6, 6.07) is 2.19. The fourth-order valence-electron chi connectivity index (χ4n) is 1.18. The van der Waals surface area contributed by atoms with Gasteiger partial charge in [-0.05, 0) is 19.1 Å². The van der Waals surface area contributed by atoms with Crippen LogP contribution >= 0.6 is 0 Å². The molecule has 0 radical (unpaired) electrons. The minimum atomic E-state index is -4.37. The van der Waals surface area contributed by atoms with E-state index >= 15 is 0 Å². The fourth-order valence-corrected chi connectivity index (χ4v) is 1.80. The molecular weight excluding hydrogens is 220 g/mol. The number of nitrogens with two attached hydrogens (primary N) is 1. The normalized spacial score (nSPS) is 11.3. The molecule has 0 spiro atoms. The maximum Gasteiger partial charge on any atom is 0.296 e. The Morgan fingerprint density at radius 3 is 2.53 bits per heavy atom. The molecule has 0 amide bonds. The van der Waals surface area contributed by atoms with Gasteiger partial charge in [-0.2, -0.15) is 8.42 Å². The number of benzene rings is 1. The average Bonchev–Trinajstić information content (AvgIpc) is 2.09. The fraction of sp³-hybridized carbons (Fsp3) is 0.250. The lowest BCUT2D eigenvalue weighted by Crippen LogP contribution is -2.07. The highest BCUT2D eigenvalue weighted by Gasteiger charge is 2.18. The molecule has 0 heterocycles. The van der Waals surface area contributed by atoms with E-state index in [4.69, 9.17) is 10.3 Å². The van der Waals surface area contributed by atoms with Gasteiger partial charge in [-0.15, -0.1) is 0 Å². The number of nitrogen functional groups attached to an aromatic ring is 1. The minimum absolute atomic E-state index is 0.104. The van der Waals surface area contributed by atoms with Crippen LogP contribution in [0.25, 0.3) is 0 Å². The summed E-state index contributed by atoms with van der Waals surface area (Å²) in [5.74, 6) is -0.165. The monoisotopic (exact) mass is 232 g/mol. The quantitative estimate of drug-likeness (QED) is 0.346. The molecule has 0 saturated carbocycles. The van der Waals surface area contributed by atoms with Gasteiger partial charge in [0.25, 0.3) is 10.1 Å². The summed E-state index contributed by atoms with van der Waals surface area (Å²) >= 11 is 0. The first-order chi connectivity index (χ1) is 6.88. The van der Waals surface area contributed by atoms with Crippen molar-refractivity contribution in [1.29, 1.82) is 0 Å². The number of phenols is 1. The van der Waals surface area contributed by atoms with Gasteiger partial charge in [-0.3, -0.25) is 4.55 Å². The summed E-state index contributed by atoms with van der Waals surface area (Å²) in [4.78, 5) is -0.420. The van der Waals surface area contributed by atoms with Crippen LogP contribution in [0.3, 0.4) is 0 Å². The third-order valence-corrected chi connectivity index (χ3v) is 2.73. The van der Waals surface area contributed by atoms with Gasteiger partial charge in [0.15, 0.2) is 0 Å². The minimum Gasteiger partial charge on any atom is -0.506 e. The standard InChI is InChI=1S/C8H12N2O4S/c1-2-10-8-5(11)3-4-6(7(8)9)15(12,13)14/h3-4,10-11H,2,9H2,1H3,(H,12,13,14). The van der Waals surface area contributed by atoms with Crippen molar-refractivity contribution in [3.05, 3.63) is 12.1 Å². The lowest BCUT2D eigenvalue weighted by atomic mass is 10.2. The number of anilines is 2. The first-order valence-electron chi connectivity index (χ1n) is 4.20. The number of nitrogens with one attached hydrogen (secondary N) is 1. The van der Waals surface area contributed by atoms with E-state index < -0.39 is 15.0 Å². The topological polar surface area (TPSA) is 113 Å². The molecule has 0 aliphatic carbocycles.